The van der Waals surface area contributed by atoms with E-state index in [1.54, 1.807) is 31.6 Å². The van der Waals surface area contributed by atoms with Crippen LogP contribution in [0.5, 0.6) is 0 Å². The Kier molecular flexibility index (Phi) is 15.8. The minimum Gasteiger partial charge on any atom is -0.459 e. The Hall–Kier alpha value is -3.48. The first-order chi connectivity index (χ1) is 23.7. The summed E-state index contributed by atoms with van der Waals surface area (Å²) in [4.78, 5) is 41.6. The molecule has 4 heterocycles. The third-order valence-electron chi connectivity index (χ3n) is 8.87. The van der Waals surface area contributed by atoms with Crippen molar-refractivity contribution in [3.63, 3.8) is 0 Å². The van der Waals surface area contributed by atoms with E-state index in [0.717, 1.165) is 37.8 Å². The van der Waals surface area contributed by atoms with E-state index in [2.05, 4.69) is 35.0 Å². The summed E-state index contributed by atoms with van der Waals surface area (Å²) >= 11 is 0. The molecule has 0 spiro atoms. The van der Waals surface area contributed by atoms with Crippen LogP contribution in [0.15, 0.2) is 41.1 Å². The summed E-state index contributed by atoms with van der Waals surface area (Å²) in [5, 5.41) is 2.54. The van der Waals surface area contributed by atoms with Crippen LogP contribution in [0.4, 0.5) is 4.79 Å². The van der Waals surface area contributed by atoms with Crippen molar-refractivity contribution in [2.45, 2.75) is 134 Å². The maximum Gasteiger partial charge on any atom is 0.407 e. The maximum atomic E-state index is 13.2. The zero-order valence-corrected chi connectivity index (χ0v) is 29.4. The number of aromatic nitrogens is 1. The van der Waals surface area contributed by atoms with Gasteiger partial charge >= 0.3 is 18.0 Å². The number of carbonyl (C=O) groups excluding carboxylic acids is 3. The van der Waals surface area contributed by atoms with Gasteiger partial charge in [-0.2, -0.15) is 0 Å². The maximum absolute atomic E-state index is 13.2. The van der Waals surface area contributed by atoms with Crippen molar-refractivity contribution in [2.24, 2.45) is 5.92 Å². The van der Waals surface area contributed by atoms with E-state index in [-0.39, 0.29) is 49.5 Å². The largest absolute Gasteiger partial charge is 0.459 e. The number of aryl methyl sites for hydroxylation is 1. The van der Waals surface area contributed by atoms with Crippen molar-refractivity contribution < 1.29 is 47.2 Å². The summed E-state index contributed by atoms with van der Waals surface area (Å²) in [6, 6.07) is 0. The molecule has 0 radical (unpaired) electrons. The molecule has 2 unspecified atom stereocenters. The summed E-state index contributed by atoms with van der Waals surface area (Å²) in [5.74, 6) is 0.155. The summed E-state index contributed by atoms with van der Waals surface area (Å²) in [7, 11) is 3.01. The first kappa shape index (κ1) is 38.3. The van der Waals surface area contributed by atoms with E-state index < -0.39 is 24.3 Å². The first-order valence-corrected chi connectivity index (χ1v) is 17.7. The van der Waals surface area contributed by atoms with Crippen LogP contribution in [0.1, 0.15) is 96.1 Å². The quantitative estimate of drug-likeness (QED) is 0.119. The van der Waals surface area contributed by atoms with Gasteiger partial charge in [-0.3, -0.25) is 4.79 Å². The Morgan fingerprint density at radius 2 is 1.71 bits per heavy atom. The highest BCUT2D eigenvalue weighted by Gasteiger charge is 2.36. The van der Waals surface area contributed by atoms with Gasteiger partial charge in [0, 0.05) is 39.0 Å². The third-order valence-corrected chi connectivity index (χ3v) is 8.87. The van der Waals surface area contributed by atoms with Gasteiger partial charge in [-0.15, -0.1) is 0 Å². The molecule has 4 rings (SSSR count). The number of nitrogens with one attached hydrogen (secondary N) is 1. The molecule has 7 atom stereocenters. The van der Waals surface area contributed by atoms with Crippen molar-refractivity contribution >= 4 is 24.1 Å². The minimum atomic E-state index is -0.517. The number of cyclic esters (lactones) is 1. The van der Waals surface area contributed by atoms with Crippen LogP contribution in [-0.4, -0.2) is 86.5 Å². The number of oxazole rings is 1. The summed E-state index contributed by atoms with van der Waals surface area (Å²) in [6.45, 7) is 4.60. The van der Waals surface area contributed by atoms with Gasteiger partial charge in [-0.1, -0.05) is 32.1 Å². The summed E-state index contributed by atoms with van der Waals surface area (Å²) in [6.07, 6.45) is 18.3. The van der Waals surface area contributed by atoms with E-state index >= 15 is 0 Å². The molecular weight excluding hydrogens is 632 g/mol. The molecule has 1 amide bonds. The normalized spacial score (nSPS) is 28.4. The van der Waals surface area contributed by atoms with Crippen LogP contribution < -0.4 is 5.32 Å². The van der Waals surface area contributed by atoms with Crippen molar-refractivity contribution in [1.29, 1.82) is 0 Å². The SMILES string of the molecule is COC(=O)NC/C=C\c1nc(CC/C=C\C(=O)O[C@@H]2CC3C[C@H](OC)CC4CCC[C@@H](C[C@H](/C=C/CC(C)C)OC(=O)C[C@H](C2)O3)O4)co1. The second-order valence-corrected chi connectivity index (χ2v) is 13.5. The fourth-order valence-corrected chi connectivity index (χ4v) is 6.48. The Bertz CT molecular complexity index is 1270. The predicted molar refractivity (Wildman–Crippen MR) is 181 cm³/mol. The van der Waals surface area contributed by atoms with Gasteiger partial charge in [0.2, 0.25) is 5.89 Å². The highest BCUT2D eigenvalue weighted by atomic mass is 16.6. The van der Waals surface area contributed by atoms with Gasteiger partial charge in [0.25, 0.3) is 0 Å². The fraction of sp³-hybridized carbons (Fsp3) is 0.676. The monoisotopic (exact) mass is 686 g/mol. The van der Waals surface area contributed by atoms with Crippen LogP contribution in [0.3, 0.4) is 0 Å². The van der Waals surface area contributed by atoms with Gasteiger partial charge in [-0.05, 0) is 69.4 Å². The molecule has 4 bridgehead atoms. The van der Waals surface area contributed by atoms with Crippen molar-refractivity contribution in [2.75, 3.05) is 20.8 Å². The molecular formula is C37H54N2O10. The number of hydrogen-bond donors (Lipinski definition) is 1. The first-order valence-electron chi connectivity index (χ1n) is 17.7. The van der Waals surface area contributed by atoms with Gasteiger partial charge < -0.3 is 38.2 Å². The Labute approximate surface area is 289 Å². The lowest BCUT2D eigenvalue weighted by molar-refractivity contribution is -0.169. The number of allylic oxidation sites excluding steroid dienone is 2. The van der Waals surface area contributed by atoms with Gasteiger partial charge in [-0.25, -0.2) is 14.6 Å². The molecule has 272 valence electrons. The lowest BCUT2D eigenvalue weighted by Crippen LogP contribution is -2.42. The molecule has 0 aliphatic carbocycles. The number of rotatable bonds is 12. The number of esters is 2. The Morgan fingerprint density at radius 3 is 2.49 bits per heavy atom. The van der Waals surface area contributed by atoms with E-state index in [4.69, 9.17) is 28.1 Å². The zero-order valence-electron chi connectivity index (χ0n) is 29.4. The summed E-state index contributed by atoms with van der Waals surface area (Å²) in [5.41, 5.74) is 0.736. The van der Waals surface area contributed by atoms with Gasteiger partial charge in [0.1, 0.15) is 18.5 Å². The highest BCUT2D eigenvalue weighted by molar-refractivity contribution is 5.82. The Balaban J connectivity index is 1.33. The van der Waals surface area contributed by atoms with Crippen LogP contribution >= 0.6 is 0 Å². The highest BCUT2D eigenvalue weighted by Crippen LogP contribution is 2.32. The molecule has 3 aliphatic rings. The number of amides is 1. The third kappa shape index (κ3) is 14.1. The molecule has 0 saturated carbocycles. The van der Waals surface area contributed by atoms with E-state index in [0.29, 0.717) is 50.3 Å². The fourth-order valence-electron chi connectivity index (χ4n) is 6.48. The van der Waals surface area contributed by atoms with E-state index in [1.807, 2.05) is 6.08 Å². The van der Waals surface area contributed by atoms with E-state index in [1.165, 1.54) is 13.2 Å². The Morgan fingerprint density at radius 1 is 0.980 bits per heavy atom. The summed E-state index contributed by atoms with van der Waals surface area (Å²) < 4.78 is 40.6. The number of alkyl carbamates (subject to hydrolysis) is 1. The molecule has 3 fully saturated rings. The number of fused-ring (bicyclic) bond motifs is 4. The topological polar surface area (TPSA) is 145 Å². The van der Waals surface area contributed by atoms with Crippen LogP contribution in [0.2, 0.25) is 0 Å². The molecule has 1 N–H and O–H groups in total. The van der Waals surface area contributed by atoms with Crippen LogP contribution in [0, 0.1) is 5.92 Å². The number of carbonyl (C=O) groups is 3. The standard InChI is InChI=1S/C37H54N2O10/c1-25(2)10-7-12-29-18-27-13-8-14-28(46-27)19-30(43-3)20-31-21-32(22-33(47-31)23-36(41)48-29)49-35(40)16-6-5-11-26-24-45-34(39-26)15-9-17-38-37(42)44-4/h6-7,9,12,15-16,24-25,27-33H,5,8,10-11,13-14,17-23H2,1-4H3,(H,38,42)/b12-7+,15-9-,16-6-/t27-,28?,29-,30+,31?,32+,33-/m0/s1. The molecule has 1 aromatic heterocycles. The predicted octanol–water partition coefficient (Wildman–Crippen LogP) is 6.03. The lowest BCUT2D eigenvalue weighted by Gasteiger charge is -2.38. The van der Waals surface area contributed by atoms with Crippen molar-refractivity contribution in [3.8, 4) is 0 Å². The smallest absolute Gasteiger partial charge is 0.407 e. The number of methoxy groups -OCH3 is 2. The average Bonchev–Trinajstić information content (AvgIpc) is 3.51. The average molecular weight is 687 g/mol. The van der Waals surface area contributed by atoms with Crippen LogP contribution in [0.25, 0.3) is 6.08 Å². The second-order valence-electron chi connectivity index (χ2n) is 13.5. The van der Waals surface area contributed by atoms with E-state index in [9.17, 15) is 14.4 Å². The number of hydrogen-bond acceptors (Lipinski definition) is 11. The molecule has 0 aromatic carbocycles. The molecule has 3 saturated heterocycles. The molecule has 1 aromatic rings. The van der Waals surface area contributed by atoms with Crippen LogP contribution in [-0.2, 0) is 44.4 Å². The lowest BCUT2D eigenvalue weighted by atomic mass is 9.92. The van der Waals surface area contributed by atoms with Crippen molar-refractivity contribution in [3.05, 3.63) is 48.2 Å². The van der Waals surface area contributed by atoms with Gasteiger partial charge in [0.05, 0.1) is 49.7 Å². The molecule has 49 heavy (non-hydrogen) atoms. The van der Waals surface area contributed by atoms with Gasteiger partial charge in [0.15, 0.2) is 0 Å². The number of ether oxygens (including phenoxy) is 6. The second kappa shape index (κ2) is 20.3. The minimum absolute atomic E-state index is 0.0343. The molecule has 12 heteroatoms. The number of nitrogens with zero attached hydrogens (tertiary/aromatic N) is 1. The zero-order chi connectivity index (χ0) is 35.0. The van der Waals surface area contributed by atoms with Crippen molar-refractivity contribution in [1.82, 2.24) is 10.3 Å². The molecule has 3 aliphatic heterocycles. The molecule has 12 nitrogen and oxygen atoms in total.